The van der Waals surface area contributed by atoms with Crippen LogP contribution >= 0.6 is 11.3 Å². The predicted octanol–water partition coefficient (Wildman–Crippen LogP) is 1.85. The van der Waals surface area contributed by atoms with E-state index in [1.165, 1.54) is 0 Å². The first-order valence-electron chi connectivity index (χ1n) is 7.90. The van der Waals surface area contributed by atoms with Gasteiger partial charge in [0.15, 0.2) is 5.96 Å². The van der Waals surface area contributed by atoms with E-state index in [4.69, 9.17) is 5.73 Å². The fourth-order valence-electron chi connectivity index (χ4n) is 2.17. The Labute approximate surface area is 146 Å². The molecule has 0 unspecified atom stereocenters. The molecule has 0 bridgehead atoms. The minimum absolute atomic E-state index is 0.426. The fraction of sp³-hybridized carbons (Fsp3) is 0.353. The van der Waals surface area contributed by atoms with Gasteiger partial charge in [-0.3, -0.25) is 4.79 Å². The molecule has 0 radical (unpaired) electrons. The molecule has 0 aliphatic rings. The van der Waals surface area contributed by atoms with Gasteiger partial charge in [0, 0.05) is 30.5 Å². The highest BCUT2D eigenvalue weighted by Crippen LogP contribution is 2.08. The largest absolute Gasteiger partial charge is 0.366 e. The number of hydrogen-bond acceptors (Lipinski definition) is 4. The van der Waals surface area contributed by atoms with Crippen LogP contribution in [0, 0.1) is 6.92 Å². The number of carbonyl (C=O) groups excluding carboxylic acids is 1. The van der Waals surface area contributed by atoms with E-state index in [-0.39, 0.29) is 0 Å². The van der Waals surface area contributed by atoms with Gasteiger partial charge >= 0.3 is 0 Å². The van der Waals surface area contributed by atoms with Crippen LogP contribution in [-0.4, -0.2) is 29.9 Å². The number of benzene rings is 1. The molecule has 24 heavy (non-hydrogen) atoms. The monoisotopic (exact) mass is 345 g/mol. The fourth-order valence-corrected chi connectivity index (χ4v) is 2.81. The summed E-state index contributed by atoms with van der Waals surface area (Å²) < 4.78 is 0. The third kappa shape index (κ3) is 5.66. The molecule has 2 aromatic rings. The number of hydrogen-bond donors (Lipinski definition) is 3. The predicted molar refractivity (Wildman–Crippen MR) is 98.3 cm³/mol. The molecule has 0 aliphatic carbocycles. The number of nitrogens with one attached hydrogen (secondary N) is 2. The Bertz CT molecular complexity index is 711. The van der Waals surface area contributed by atoms with Crippen molar-refractivity contribution in [1.29, 1.82) is 0 Å². The average Bonchev–Trinajstić information content (AvgIpc) is 2.98. The zero-order chi connectivity index (χ0) is 17.4. The Balaban J connectivity index is 1.92. The molecule has 0 atom stereocenters. The van der Waals surface area contributed by atoms with Gasteiger partial charge in [-0.05, 0) is 31.5 Å². The lowest BCUT2D eigenvalue weighted by atomic mass is 10.1. The zero-order valence-electron chi connectivity index (χ0n) is 14.0. The van der Waals surface area contributed by atoms with Gasteiger partial charge in [0.05, 0.1) is 17.2 Å². The third-order valence-electron chi connectivity index (χ3n) is 3.32. The van der Waals surface area contributed by atoms with Gasteiger partial charge in [-0.25, -0.2) is 9.98 Å². The molecule has 0 saturated heterocycles. The smallest absolute Gasteiger partial charge is 0.248 e. The first kappa shape index (κ1) is 17.9. The average molecular weight is 345 g/mol. The quantitative estimate of drug-likeness (QED) is 0.527. The number of nitrogens with zero attached hydrogens (tertiary/aromatic N) is 2. The summed E-state index contributed by atoms with van der Waals surface area (Å²) in [6, 6.07) is 7.22. The van der Waals surface area contributed by atoms with Gasteiger partial charge in [0.1, 0.15) is 0 Å². The molecule has 6 nitrogen and oxygen atoms in total. The molecular formula is C17H23N5OS. The molecule has 0 saturated carbocycles. The molecule has 1 aromatic carbocycles. The number of rotatable bonds is 7. The van der Waals surface area contributed by atoms with E-state index in [2.05, 4.69) is 26.0 Å². The summed E-state index contributed by atoms with van der Waals surface area (Å²) >= 11 is 1.66. The van der Waals surface area contributed by atoms with Crippen molar-refractivity contribution < 1.29 is 4.79 Å². The number of amides is 1. The first-order chi connectivity index (χ1) is 11.6. The van der Waals surface area contributed by atoms with Crippen molar-refractivity contribution >= 4 is 23.2 Å². The van der Waals surface area contributed by atoms with E-state index in [9.17, 15) is 4.79 Å². The van der Waals surface area contributed by atoms with Crippen LogP contribution in [0.5, 0.6) is 0 Å². The lowest BCUT2D eigenvalue weighted by molar-refractivity contribution is 0.1000. The Morgan fingerprint density at radius 2 is 2.21 bits per heavy atom. The number of thiazole rings is 1. The molecule has 128 valence electrons. The Hall–Kier alpha value is -2.41. The van der Waals surface area contributed by atoms with Crippen molar-refractivity contribution in [2.24, 2.45) is 10.7 Å². The molecule has 1 aromatic heterocycles. The van der Waals surface area contributed by atoms with Crippen molar-refractivity contribution in [3.63, 3.8) is 0 Å². The second-order valence-electron chi connectivity index (χ2n) is 5.29. The molecule has 7 heteroatoms. The molecule has 1 heterocycles. The van der Waals surface area contributed by atoms with Gasteiger partial charge in [-0.1, -0.05) is 12.1 Å². The first-order valence-corrected chi connectivity index (χ1v) is 8.78. The summed E-state index contributed by atoms with van der Waals surface area (Å²) in [6.07, 6.45) is 0.853. The Morgan fingerprint density at radius 3 is 2.88 bits per heavy atom. The van der Waals surface area contributed by atoms with Crippen LogP contribution in [0.15, 0.2) is 34.6 Å². The molecule has 1 amide bonds. The van der Waals surface area contributed by atoms with Crippen LogP contribution < -0.4 is 16.4 Å². The van der Waals surface area contributed by atoms with Gasteiger partial charge in [0.2, 0.25) is 5.91 Å². The minimum atomic E-state index is -0.426. The third-order valence-corrected chi connectivity index (χ3v) is 4.14. The lowest BCUT2D eigenvalue weighted by Crippen LogP contribution is -2.38. The standard InChI is InChI=1S/C17H23N5OS/c1-3-19-17(20-8-7-15-11-24-12(2)22-15)21-10-13-5-4-6-14(9-13)16(18)23/h4-6,9,11H,3,7-8,10H2,1-2H3,(H2,18,23)(H2,19,20,21). The van der Waals surface area contributed by atoms with E-state index in [0.717, 1.165) is 41.7 Å². The van der Waals surface area contributed by atoms with Crippen LogP contribution in [0.2, 0.25) is 0 Å². The molecule has 2 rings (SSSR count). The second kappa shape index (κ2) is 9.02. The normalized spacial score (nSPS) is 11.3. The van der Waals surface area contributed by atoms with Crippen LogP contribution in [0.4, 0.5) is 0 Å². The van der Waals surface area contributed by atoms with Crippen molar-refractivity contribution in [2.75, 3.05) is 13.1 Å². The van der Waals surface area contributed by atoms with E-state index < -0.39 is 5.91 Å². The topological polar surface area (TPSA) is 92.4 Å². The van der Waals surface area contributed by atoms with Crippen molar-refractivity contribution in [2.45, 2.75) is 26.8 Å². The van der Waals surface area contributed by atoms with Gasteiger partial charge in [-0.2, -0.15) is 0 Å². The Morgan fingerprint density at radius 1 is 1.38 bits per heavy atom. The van der Waals surface area contributed by atoms with E-state index >= 15 is 0 Å². The maximum atomic E-state index is 11.2. The number of primary amides is 1. The van der Waals surface area contributed by atoms with Gasteiger partial charge in [0.25, 0.3) is 0 Å². The number of aryl methyl sites for hydroxylation is 1. The van der Waals surface area contributed by atoms with Crippen molar-refractivity contribution in [3.05, 3.63) is 51.5 Å². The summed E-state index contributed by atoms with van der Waals surface area (Å²) in [6.45, 7) is 6.05. The molecule has 4 N–H and O–H groups in total. The van der Waals surface area contributed by atoms with Crippen molar-refractivity contribution in [3.8, 4) is 0 Å². The highest BCUT2D eigenvalue weighted by Gasteiger charge is 2.03. The summed E-state index contributed by atoms with van der Waals surface area (Å²) in [5.74, 6) is 0.318. The molecular weight excluding hydrogens is 322 g/mol. The van der Waals surface area contributed by atoms with E-state index in [1.54, 1.807) is 23.5 Å². The zero-order valence-corrected chi connectivity index (χ0v) is 14.8. The van der Waals surface area contributed by atoms with Gasteiger partial charge < -0.3 is 16.4 Å². The molecule has 0 fully saturated rings. The number of aliphatic imine (C=N–C) groups is 1. The Kier molecular flexibility index (Phi) is 6.74. The number of carbonyl (C=O) groups is 1. The number of guanidine groups is 1. The maximum Gasteiger partial charge on any atom is 0.248 e. The highest BCUT2D eigenvalue weighted by molar-refractivity contribution is 7.09. The number of nitrogens with two attached hydrogens (primary N) is 1. The lowest BCUT2D eigenvalue weighted by Gasteiger charge is -2.11. The molecule has 0 aliphatic heterocycles. The minimum Gasteiger partial charge on any atom is -0.366 e. The summed E-state index contributed by atoms with van der Waals surface area (Å²) in [5, 5.41) is 9.67. The highest BCUT2D eigenvalue weighted by atomic mass is 32.1. The molecule has 0 spiro atoms. The van der Waals surface area contributed by atoms with Crippen LogP contribution in [0.1, 0.15) is 33.5 Å². The SMILES string of the molecule is CCNC(=NCc1cccc(C(N)=O)c1)NCCc1csc(C)n1. The van der Waals surface area contributed by atoms with E-state index in [0.29, 0.717) is 12.1 Å². The van der Waals surface area contributed by atoms with Gasteiger partial charge in [-0.15, -0.1) is 11.3 Å². The van der Waals surface area contributed by atoms with Crippen LogP contribution in [0.3, 0.4) is 0 Å². The van der Waals surface area contributed by atoms with Crippen LogP contribution in [-0.2, 0) is 13.0 Å². The summed E-state index contributed by atoms with van der Waals surface area (Å²) in [7, 11) is 0. The number of aromatic nitrogens is 1. The maximum absolute atomic E-state index is 11.2. The van der Waals surface area contributed by atoms with Crippen LogP contribution in [0.25, 0.3) is 0 Å². The van der Waals surface area contributed by atoms with E-state index in [1.807, 2.05) is 26.0 Å². The summed E-state index contributed by atoms with van der Waals surface area (Å²) in [4.78, 5) is 20.2. The summed E-state index contributed by atoms with van der Waals surface area (Å²) in [5.41, 5.74) is 7.84. The second-order valence-corrected chi connectivity index (χ2v) is 6.36. The van der Waals surface area contributed by atoms with Crippen molar-refractivity contribution in [1.82, 2.24) is 15.6 Å².